The zero-order chi connectivity index (χ0) is 12.2. The van der Waals surface area contributed by atoms with E-state index in [0.29, 0.717) is 5.02 Å². The van der Waals surface area contributed by atoms with Crippen molar-refractivity contribution in [2.45, 2.75) is 6.92 Å². The van der Waals surface area contributed by atoms with Gasteiger partial charge in [0.2, 0.25) is 0 Å². The molecule has 1 unspecified atom stereocenters. The topological polar surface area (TPSA) is 72.8 Å². The van der Waals surface area contributed by atoms with Crippen molar-refractivity contribution in [1.82, 2.24) is 0 Å². The van der Waals surface area contributed by atoms with Crippen molar-refractivity contribution < 1.29 is 23.5 Å². The molecule has 0 aliphatic carbocycles. The van der Waals surface area contributed by atoms with E-state index >= 15 is 0 Å². The van der Waals surface area contributed by atoms with Gasteiger partial charge in [0.25, 0.3) is 0 Å². The number of carbonyl (C=O) groups excluding carboxylic acids is 1. The van der Waals surface area contributed by atoms with Gasteiger partial charge in [-0.25, -0.2) is 9.36 Å². The van der Waals surface area contributed by atoms with E-state index in [4.69, 9.17) is 16.5 Å². The molecule has 16 heavy (non-hydrogen) atoms. The highest BCUT2D eigenvalue weighted by Gasteiger charge is 2.32. The van der Waals surface area contributed by atoms with E-state index in [-0.39, 0.29) is 12.4 Å². The molecule has 0 heterocycles. The Morgan fingerprint density at radius 1 is 1.44 bits per heavy atom. The third kappa shape index (κ3) is 3.61. The number of hydrogen-bond acceptors (Lipinski definition) is 4. The van der Waals surface area contributed by atoms with Crippen LogP contribution in [0, 0.1) is 0 Å². The molecule has 0 aliphatic rings. The molecule has 1 atom stereocenters. The molecule has 0 amide bonds. The normalized spacial score (nSPS) is 14.2. The quantitative estimate of drug-likeness (QED) is 0.846. The molecular formula is C9H10ClO5P. The van der Waals surface area contributed by atoms with Crippen LogP contribution in [0.3, 0.4) is 0 Å². The van der Waals surface area contributed by atoms with Crippen molar-refractivity contribution >= 4 is 24.9 Å². The Balaban J connectivity index is 2.71. The van der Waals surface area contributed by atoms with Crippen molar-refractivity contribution in [3.8, 4) is 5.75 Å². The number of halogens is 1. The van der Waals surface area contributed by atoms with E-state index < -0.39 is 13.3 Å². The second-order valence-corrected chi connectivity index (χ2v) is 4.86. The molecule has 0 spiro atoms. The smallest absolute Gasteiger partial charge is 0.417 e. The molecular weight excluding hydrogens is 255 g/mol. The molecule has 88 valence electrons. The molecule has 1 rings (SSSR count). The average molecular weight is 265 g/mol. The van der Waals surface area contributed by atoms with E-state index in [1.165, 1.54) is 31.2 Å². The van der Waals surface area contributed by atoms with Crippen LogP contribution in [0.1, 0.15) is 6.92 Å². The molecule has 0 aliphatic heterocycles. The van der Waals surface area contributed by atoms with Crippen molar-refractivity contribution in [3.05, 3.63) is 29.3 Å². The largest absolute Gasteiger partial charge is 0.436 e. The van der Waals surface area contributed by atoms with Gasteiger partial charge in [0.15, 0.2) is 0 Å². The van der Waals surface area contributed by atoms with E-state index in [1.807, 2.05) is 0 Å². The third-order valence-corrected chi connectivity index (χ3v) is 2.97. The lowest BCUT2D eigenvalue weighted by atomic mass is 10.3. The first kappa shape index (κ1) is 13.2. The minimum Gasteiger partial charge on any atom is -0.417 e. The zero-order valence-corrected chi connectivity index (χ0v) is 10.1. The van der Waals surface area contributed by atoms with Gasteiger partial charge in [0, 0.05) is 5.02 Å². The van der Waals surface area contributed by atoms with Crippen LogP contribution < -0.4 is 4.74 Å². The van der Waals surface area contributed by atoms with Gasteiger partial charge in [-0.15, -0.1) is 0 Å². The summed E-state index contributed by atoms with van der Waals surface area (Å²) in [5, 5.41) is 0.469. The SMILES string of the molecule is CCOP(=O)(O)C(=O)Oc1ccc(Cl)cc1. The van der Waals surface area contributed by atoms with Crippen LogP contribution in [0.15, 0.2) is 24.3 Å². The summed E-state index contributed by atoms with van der Waals surface area (Å²) in [4.78, 5) is 20.3. The summed E-state index contributed by atoms with van der Waals surface area (Å²) < 4.78 is 20.3. The summed E-state index contributed by atoms with van der Waals surface area (Å²) in [7, 11) is -4.35. The third-order valence-electron chi connectivity index (χ3n) is 1.55. The van der Waals surface area contributed by atoms with Crippen molar-refractivity contribution in [2.24, 2.45) is 0 Å². The second kappa shape index (κ2) is 5.46. The molecule has 5 nitrogen and oxygen atoms in total. The molecule has 7 heteroatoms. The molecule has 1 N–H and O–H groups in total. The Labute approximate surface area is 97.5 Å². The second-order valence-electron chi connectivity index (χ2n) is 2.76. The van der Waals surface area contributed by atoms with Gasteiger partial charge in [0.1, 0.15) is 5.75 Å². The highest BCUT2D eigenvalue weighted by atomic mass is 35.5. The molecule has 0 saturated heterocycles. The number of carbonyl (C=O) groups is 1. The summed E-state index contributed by atoms with van der Waals surface area (Å²) in [6.07, 6.45) is 0. The zero-order valence-electron chi connectivity index (χ0n) is 8.42. The van der Waals surface area contributed by atoms with Crippen LogP contribution >= 0.6 is 19.2 Å². The number of hydrogen-bond donors (Lipinski definition) is 1. The summed E-state index contributed by atoms with van der Waals surface area (Å²) in [6, 6.07) is 5.80. The molecule has 0 bridgehead atoms. The van der Waals surface area contributed by atoms with E-state index in [9.17, 15) is 9.36 Å². The van der Waals surface area contributed by atoms with E-state index in [2.05, 4.69) is 9.26 Å². The Hall–Kier alpha value is -0.870. The van der Waals surface area contributed by atoms with Crippen LogP contribution in [-0.2, 0) is 9.09 Å². The highest BCUT2D eigenvalue weighted by molar-refractivity contribution is 7.70. The molecule has 1 aromatic carbocycles. The van der Waals surface area contributed by atoms with E-state index in [0.717, 1.165) is 0 Å². The Bertz CT molecular complexity index is 416. The van der Waals surface area contributed by atoms with Gasteiger partial charge in [0.05, 0.1) is 6.61 Å². The molecule has 0 fully saturated rings. The lowest BCUT2D eigenvalue weighted by molar-refractivity contribution is 0.203. The maximum atomic E-state index is 11.2. The van der Waals surface area contributed by atoms with Gasteiger partial charge in [-0.1, -0.05) is 11.6 Å². The van der Waals surface area contributed by atoms with Crippen LogP contribution in [-0.4, -0.2) is 17.2 Å². The van der Waals surface area contributed by atoms with Crippen LogP contribution in [0.5, 0.6) is 5.75 Å². The van der Waals surface area contributed by atoms with Gasteiger partial charge in [-0.05, 0) is 31.2 Å². The fourth-order valence-corrected chi connectivity index (χ4v) is 1.69. The van der Waals surface area contributed by atoms with Crippen LogP contribution in [0.2, 0.25) is 5.02 Å². The lowest BCUT2D eigenvalue weighted by Crippen LogP contribution is -2.08. The average Bonchev–Trinajstić information content (AvgIpc) is 2.21. The Kier molecular flexibility index (Phi) is 4.50. The predicted molar refractivity (Wildman–Crippen MR) is 58.9 cm³/mol. The minimum absolute atomic E-state index is 0.0521. The fourth-order valence-electron chi connectivity index (χ4n) is 0.889. The molecule has 0 radical (unpaired) electrons. The van der Waals surface area contributed by atoms with Gasteiger partial charge < -0.3 is 14.2 Å². The molecule has 0 aromatic heterocycles. The summed E-state index contributed by atoms with van der Waals surface area (Å²) in [5.41, 5.74) is -1.31. The molecule has 0 saturated carbocycles. The van der Waals surface area contributed by atoms with Gasteiger partial charge in [-0.3, -0.25) is 0 Å². The summed E-state index contributed by atoms with van der Waals surface area (Å²) in [6.45, 7) is 1.45. The monoisotopic (exact) mass is 264 g/mol. The molecule has 1 aromatic rings. The Morgan fingerprint density at radius 2 is 2.00 bits per heavy atom. The minimum atomic E-state index is -4.35. The lowest BCUT2D eigenvalue weighted by Gasteiger charge is -2.09. The summed E-state index contributed by atoms with van der Waals surface area (Å²) >= 11 is 5.62. The maximum absolute atomic E-state index is 11.2. The highest BCUT2D eigenvalue weighted by Crippen LogP contribution is 2.43. The first-order chi connectivity index (χ1) is 7.45. The first-order valence-corrected chi connectivity index (χ1v) is 6.36. The van der Waals surface area contributed by atoms with Crippen molar-refractivity contribution in [2.75, 3.05) is 6.61 Å². The van der Waals surface area contributed by atoms with E-state index in [1.54, 1.807) is 0 Å². The maximum Gasteiger partial charge on any atom is 0.436 e. The van der Waals surface area contributed by atoms with Crippen molar-refractivity contribution in [3.63, 3.8) is 0 Å². The van der Waals surface area contributed by atoms with Crippen LogP contribution in [0.25, 0.3) is 0 Å². The number of ether oxygens (including phenoxy) is 1. The first-order valence-electron chi connectivity index (χ1n) is 4.41. The number of rotatable bonds is 4. The summed E-state index contributed by atoms with van der Waals surface area (Å²) in [5.74, 6) is 0.128. The van der Waals surface area contributed by atoms with Gasteiger partial charge in [-0.2, -0.15) is 0 Å². The Morgan fingerprint density at radius 3 is 2.50 bits per heavy atom. The van der Waals surface area contributed by atoms with Crippen LogP contribution in [0.4, 0.5) is 4.79 Å². The fraction of sp³-hybridized carbons (Fsp3) is 0.222. The van der Waals surface area contributed by atoms with Gasteiger partial charge >= 0.3 is 13.3 Å². The number of benzene rings is 1. The predicted octanol–water partition coefficient (Wildman–Crippen LogP) is 3.06. The standard InChI is InChI=1S/C9H10ClO5P/c1-2-14-16(12,13)9(11)15-8-5-3-7(10)4-6-8/h3-6H,2H2,1H3,(H,12,13). The van der Waals surface area contributed by atoms with Crippen molar-refractivity contribution in [1.29, 1.82) is 0 Å².